The van der Waals surface area contributed by atoms with E-state index >= 15 is 0 Å². The number of rotatable bonds is 6. The molecular formula is C9H21FP+. The Hall–Kier alpha value is 0.360. The van der Waals surface area contributed by atoms with Gasteiger partial charge in [-0.1, -0.05) is 25.0 Å². The molecule has 0 nitrogen and oxygen atoms in total. The molecule has 0 bridgehead atoms. The molecule has 0 fully saturated rings. The van der Waals surface area contributed by atoms with E-state index in [9.17, 15) is 4.20 Å². The zero-order chi connectivity index (χ0) is 8.74. The Labute approximate surface area is 71.0 Å². The van der Waals surface area contributed by atoms with Crippen LogP contribution in [0.4, 0.5) is 4.20 Å². The Bertz CT molecular complexity index is 76.5. The molecule has 0 aliphatic carbocycles. The van der Waals surface area contributed by atoms with Gasteiger partial charge in [-0.2, -0.15) is 0 Å². The molecule has 0 aliphatic heterocycles. The van der Waals surface area contributed by atoms with E-state index in [0.29, 0.717) is 0 Å². The van der Waals surface area contributed by atoms with E-state index < -0.39 is 7.57 Å². The molecular weight excluding hydrogens is 158 g/mol. The van der Waals surface area contributed by atoms with Crippen molar-refractivity contribution in [2.24, 2.45) is 0 Å². The molecule has 68 valence electrons. The minimum absolute atomic E-state index is 0.856. The van der Waals surface area contributed by atoms with Crippen LogP contribution in [0.2, 0.25) is 0 Å². The summed E-state index contributed by atoms with van der Waals surface area (Å²) in [5.74, 6) is 0. The van der Waals surface area contributed by atoms with Crippen LogP contribution in [-0.4, -0.2) is 18.5 Å². The SMILES string of the molecule is CCC[P+](F)(CCC)CCC. The lowest BCUT2D eigenvalue weighted by Gasteiger charge is -2.14. The third kappa shape index (κ3) is 4.74. The van der Waals surface area contributed by atoms with Crippen LogP contribution in [0.15, 0.2) is 0 Å². The van der Waals surface area contributed by atoms with Crippen molar-refractivity contribution < 1.29 is 4.20 Å². The summed E-state index contributed by atoms with van der Waals surface area (Å²) in [5, 5.41) is 0. The molecule has 11 heavy (non-hydrogen) atoms. The largest absolute Gasteiger partial charge is 0.202 e. The van der Waals surface area contributed by atoms with Crippen molar-refractivity contribution in [3.8, 4) is 0 Å². The molecule has 0 atom stereocenters. The van der Waals surface area contributed by atoms with Gasteiger partial charge in [-0.15, -0.1) is 0 Å². The minimum atomic E-state index is -1.97. The lowest BCUT2D eigenvalue weighted by molar-refractivity contribution is 0.803. The van der Waals surface area contributed by atoms with Gasteiger partial charge in [0.1, 0.15) is 0 Å². The van der Waals surface area contributed by atoms with Crippen molar-refractivity contribution in [3.05, 3.63) is 0 Å². The van der Waals surface area contributed by atoms with Crippen LogP contribution in [-0.2, 0) is 0 Å². The highest BCUT2D eigenvalue weighted by Crippen LogP contribution is 2.61. The molecule has 0 saturated heterocycles. The molecule has 0 aliphatic rings. The standard InChI is InChI=1S/C9H21FP/c1-4-7-11(10,8-5-2)9-6-3/h4-9H2,1-3H3/q+1. The molecule has 0 unspecified atom stereocenters. The summed E-state index contributed by atoms with van der Waals surface area (Å²) in [7, 11) is -1.97. The third-order valence-corrected chi connectivity index (χ3v) is 5.62. The summed E-state index contributed by atoms with van der Waals surface area (Å²) >= 11 is 0. The Morgan fingerprint density at radius 3 is 1.27 bits per heavy atom. The van der Waals surface area contributed by atoms with Crippen LogP contribution in [0.5, 0.6) is 0 Å². The lowest BCUT2D eigenvalue weighted by atomic mass is 10.6. The lowest BCUT2D eigenvalue weighted by Crippen LogP contribution is -2.01. The fourth-order valence-corrected chi connectivity index (χ4v) is 4.61. The Morgan fingerprint density at radius 1 is 0.818 bits per heavy atom. The maximum atomic E-state index is 13.9. The summed E-state index contributed by atoms with van der Waals surface area (Å²) < 4.78 is 13.9. The van der Waals surface area contributed by atoms with E-state index in [0.717, 1.165) is 37.7 Å². The van der Waals surface area contributed by atoms with Crippen molar-refractivity contribution in [1.82, 2.24) is 0 Å². The molecule has 0 spiro atoms. The Kier molecular flexibility index (Phi) is 6.14. The first-order chi connectivity index (χ1) is 5.18. The molecule has 0 heterocycles. The highest BCUT2D eigenvalue weighted by atomic mass is 31.2. The summed E-state index contributed by atoms with van der Waals surface area (Å²) in [4.78, 5) is 0. The van der Waals surface area contributed by atoms with Crippen molar-refractivity contribution in [1.29, 1.82) is 0 Å². The molecule has 2 heteroatoms. The molecule has 0 aromatic rings. The van der Waals surface area contributed by atoms with Gasteiger partial charge in [-0.3, -0.25) is 0 Å². The normalized spacial score (nSPS) is 12.0. The van der Waals surface area contributed by atoms with Crippen LogP contribution >= 0.6 is 7.57 Å². The highest BCUT2D eigenvalue weighted by molar-refractivity contribution is 7.70. The molecule has 0 aromatic heterocycles. The van der Waals surface area contributed by atoms with Gasteiger partial charge in [0.25, 0.3) is 0 Å². The first kappa shape index (κ1) is 11.4. The van der Waals surface area contributed by atoms with E-state index in [1.165, 1.54) is 0 Å². The van der Waals surface area contributed by atoms with Crippen molar-refractivity contribution >= 4 is 7.57 Å². The van der Waals surface area contributed by atoms with Gasteiger partial charge in [0.2, 0.25) is 7.57 Å². The van der Waals surface area contributed by atoms with Crippen molar-refractivity contribution in [2.45, 2.75) is 40.0 Å². The fraction of sp³-hybridized carbons (Fsp3) is 1.00. The van der Waals surface area contributed by atoms with E-state index in [1.54, 1.807) is 0 Å². The number of hydrogen-bond acceptors (Lipinski definition) is 0. The van der Waals surface area contributed by atoms with Crippen molar-refractivity contribution in [3.63, 3.8) is 0 Å². The van der Waals surface area contributed by atoms with E-state index in [4.69, 9.17) is 0 Å². The van der Waals surface area contributed by atoms with Crippen LogP contribution in [0.3, 0.4) is 0 Å². The average Bonchev–Trinajstić information content (AvgIpc) is 1.88. The molecule has 0 aromatic carbocycles. The van der Waals surface area contributed by atoms with Gasteiger partial charge < -0.3 is 0 Å². The molecule has 0 rings (SSSR count). The van der Waals surface area contributed by atoms with Gasteiger partial charge >= 0.3 is 0 Å². The molecule has 0 saturated carbocycles. The monoisotopic (exact) mass is 179 g/mol. The average molecular weight is 179 g/mol. The predicted molar refractivity (Wildman–Crippen MR) is 53.5 cm³/mol. The van der Waals surface area contributed by atoms with E-state index in [2.05, 4.69) is 20.8 Å². The first-order valence-corrected chi connectivity index (χ1v) is 6.97. The third-order valence-electron chi connectivity index (χ3n) is 1.87. The maximum absolute atomic E-state index is 13.9. The van der Waals surface area contributed by atoms with E-state index in [1.807, 2.05) is 0 Å². The van der Waals surface area contributed by atoms with Gasteiger partial charge in [0.05, 0.1) is 18.5 Å². The number of halogens is 1. The zero-order valence-corrected chi connectivity index (χ0v) is 8.96. The van der Waals surface area contributed by atoms with Gasteiger partial charge in [0.15, 0.2) is 0 Å². The fourth-order valence-electron chi connectivity index (χ4n) is 1.54. The van der Waals surface area contributed by atoms with E-state index in [-0.39, 0.29) is 0 Å². The predicted octanol–water partition coefficient (Wildman–Crippen LogP) is 4.12. The second-order valence-electron chi connectivity index (χ2n) is 3.20. The molecule has 0 radical (unpaired) electrons. The topological polar surface area (TPSA) is 0 Å². The van der Waals surface area contributed by atoms with Crippen molar-refractivity contribution in [2.75, 3.05) is 18.5 Å². The second kappa shape index (κ2) is 5.94. The van der Waals surface area contributed by atoms with Crippen LogP contribution in [0.1, 0.15) is 40.0 Å². The van der Waals surface area contributed by atoms with Crippen LogP contribution in [0.25, 0.3) is 0 Å². The smallest absolute Gasteiger partial charge is 0.0655 e. The molecule has 0 N–H and O–H groups in total. The summed E-state index contributed by atoms with van der Waals surface area (Å²) in [5.41, 5.74) is 0. The first-order valence-electron chi connectivity index (χ1n) is 4.74. The summed E-state index contributed by atoms with van der Waals surface area (Å²) in [6.45, 7) is 6.25. The zero-order valence-electron chi connectivity index (χ0n) is 8.07. The van der Waals surface area contributed by atoms with Gasteiger partial charge in [-0.25, -0.2) is 0 Å². The van der Waals surface area contributed by atoms with Gasteiger partial charge in [-0.05, 0) is 19.3 Å². The minimum Gasteiger partial charge on any atom is -0.0655 e. The molecule has 0 amide bonds. The quantitative estimate of drug-likeness (QED) is 0.538. The Balaban J connectivity index is 3.79. The summed E-state index contributed by atoms with van der Waals surface area (Å²) in [6, 6.07) is 0. The summed E-state index contributed by atoms with van der Waals surface area (Å²) in [6.07, 6.45) is 5.62. The highest BCUT2D eigenvalue weighted by Gasteiger charge is 2.35. The second-order valence-corrected chi connectivity index (χ2v) is 6.60. The van der Waals surface area contributed by atoms with Gasteiger partial charge in [0, 0.05) is 0 Å². The van der Waals surface area contributed by atoms with Crippen LogP contribution in [0, 0.1) is 0 Å². The Morgan fingerprint density at radius 2 is 1.09 bits per heavy atom. The van der Waals surface area contributed by atoms with Crippen LogP contribution < -0.4 is 0 Å². The maximum Gasteiger partial charge on any atom is 0.202 e. The number of hydrogen-bond donors (Lipinski definition) is 0.